The fraction of sp³-hybridized carbons (Fsp3) is 0.278. The van der Waals surface area contributed by atoms with E-state index in [1.807, 2.05) is 0 Å². The van der Waals surface area contributed by atoms with E-state index in [2.05, 4.69) is 13.2 Å². The van der Waals surface area contributed by atoms with Crippen molar-refractivity contribution >= 4 is 28.3 Å². The van der Waals surface area contributed by atoms with Gasteiger partial charge >= 0.3 is 5.97 Å². The monoisotopic (exact) mass is 344 g/mol. The molecule has 0 saturated heterocycles. The van der Waals surface area contributed by atoms with Crippen LogP contribution >= 0.6 is 0 Å². The van der Waals surface area contributed by atoms with Gasteiger partial charge in [0, 0.05) is 36.2 Å². The second-order valence-electron chi connectivity index (χ2n) is 5.35. The highest BCUT2D eigenvalue weighted by atomic mass is 16.6. The van der Waals surface area contributed by atoms with Gasteiger partial charge in [-0.1, -0.05) is 12.2 Å². The van der Waals surface area contributed by atoms with Crippen LogP contribution in [0.2, 0.25) is 0 Å². The Morgan fingerprint density at radius 1 is 1.36 bits per heavy atom. The highest BCUT2D eigenvalue weighted by molar-refractivity contribution is 5.98. The van der Waals surface area contributed by atoms with Gasteiger partial charge in [0.2, 0.25) is 5.76 Å². The first-order valence-electron chi connectivity index (χ1n) is 7.79. The Balaban J connectivity index is 2.67. The van der Waals surface area contributed by atoms with Crippen molar-refractivity contribution in [3.8, 4) is 0 Å². The Hall–Kier alpha value is -3.09. The summed E-state index contributed by atoms with van der Waals surface area (Å²) in [5, 5.41) is 12.0. The number of hydrogen-bond acceptors (Lipinski definition) is 6. The van der Waals surface area contributed by atoms with Gasteiger partial charge in [-0.25, -0.2) is 4.79 Å². The number of fused-ring (bicyclic) bond motifs is 1. The number of carbonyl (C=O) groups excluding carboxylic acids is 1. The van der Waals surface area contributed by atoms with Crippen LogP contribution in [0.15, 0.2) is 41.9 Å². The zero-order valence-corrected chi connectivity index (χ0v) is 14.3. The van der Waals surface area contributed by atoms with Crippen molar-refractivity contribution in [2.45, 2.75) is 13.8 Å². The molecule has 132 valence electrons. The highest BCUT2D eigenvalue weighted by Crippen LogP contribution is 2.36. The number of nitro groups is 1. The van der Waals surface area contributed by atoms with Gasteiger partial charge in [0.05, 0.1) is 11.5 Å². The largest absolute Gasteiger partial charge is 0.460 e. The molecule has 7 nitrogen and oxygen atoms in total. The summed E-state index contributed by atoms with van der Waals surface area (Å²) in [6, 6.07) is 2.99. The minimum atomic E-state index is -0.588. The molecule has 0 unspecified atom stereocenters. The fourth-order valence-electron chi connectivity index (χ4n) is 2.62. The first-order valence-corrected chi connectivity index (χ1v) is 7.79. The van der Waals surface area contributed by atoms with Crippen LogP contribution in [0.5, 0.6) is 0 Å². The van der Waals surface area contributed by atoms with E-state index in [9.17, 15) is 14.9 Å². The molecule has 25 heavy (non-hydrogen) atoms. The van der Waals surface area contributed by atoms with Crippen molar-refractivity contribution in [3.05, 3.63) is 58.9 Å². The first-order chi connectivity index (χ1) is 11.9. The molecule has 0 amide bonds. The van der Waals surface area contributed by atoms with Crippen LogP contribution in [-0.2, 0) is 4.74 Å². The standard InChI is InChI=1S/C18H20N2O5/c1-5-8-19(9-6-2)14-11-16-13(10-15(14)20(22)23)12(4)17(25-16)18(21)24-7-3/h5-6,10-11H,1-2,7-9H2,3-4H3. The molecule has 0 fully saturated rings. The van der Waals surface area contributed by atoms with E-state index in [0.717, 1.165) is 0 Å². The van der Waals surface area contributed by atoms with Crippen LogP contribution in [0.1, 0.15) is 23.0 Å². The molecule has 0 radical (unpaired) electrons. The van der Waals surface area contributed by atoms with Gasteiger partial charge in [0.15, 0.2) is 0 Å². The summed E-state index contributed by atoms with van der Waals surface area (Å²) in [7, 11) is 0. The van der Waals surface area contributed by atoms with Crippen LogP contribution in [0.25, 0.3) is 11.0 Å². The van der Waals surface area contributed by atoms with Crippen molar-refractivity contribution in [1.82, 2.24) is 0 Å². The van der Waals surface area contributed by atoms with Gasteiger partial charge < -0.3 is 14.1 Å². The van der Waals surface area contributed by atoms with E-state index in [-0.39, 0.29) is 18.1 Å². The average molecular weight is 344 g/mol. The third kappa shape index (κ3) is 3.55. The molecular weight excluding hydrogens is 324 g/mol. The van der Waals surface area contributed by atoms with E-state index in [1.54, 1.807) is 37.0 Å². The Morgan fingerprint density at radius 2 is 2.00 bits per heavy atom. The molecule has 0 aliphatic carbocycles. The number of carbonyl (C=O) groups is 1. The van der Waals surface area contributed by atoms with Gasteiger partial charge in [-0.05, 0) is 13.8 Å². The molecule has 1 aromatic heterocycles. The topological polar surface area (TPSA) is 85.8 Å². The minimum Gasteiger partial charge on any atom is -0.460 e. The normalized spacial score (nSPS) is 10.5. The summed E-state index contributed by atoms with van der Waals surface area (Å²) >= 11 is 0. The van der Waals surface area contributed by atoms with Gasteiger partial charge in [0.25, 0.3) is 5.69 Å². The predicted octanol–water partition coefficient (Wildman–Crippen LogP) is 4.00. The molecule has 0 saturated carbocycles. The molecule has 2 aromatic rings. The number of ether oxygens (including phenoxy) is 1. The summed E-state index contributed by atoms with van der Waals surface area (Å²) in [5.41, 5.74) is 1.21. The van der Waals surface area contributed by atoms with Crippen LogP contribution < -0.4 is 4.90 Å². The van der Waals surface area contributed by atoms with E-state index in [1.165, 1.54) is 6.07 Å². The molecule has 0 atom stereocenters. The van der Waals surface area contributed by atoms with E-state index >= 15 is 0 Å². The zero-order valence-electron chi connectivity index (χ0n) is 14.3. The second kappa shape index (κ2) is 7.65. The van der Waals surface area contributed by atoms with Gasteiger partial charge in [-0.15, -0.1) is 13.2 Å². The lowest BCUT2D eigenvalue weighted by atomic mass is 10.1. The smallest absolute Gasteiger partial charge is 0.374 e. The van der Waals surface area contributed by atoms with Crippen molar-refractivity contribution < 1.29 is 18.9 Å². The average Bonchev–Trinajstić information content (AvgIpc) is 2.90. The van der Waals surface area contributed by atoms with Crippen molar-refractivity contribution in [2.75, 3.05) is 24.6 Å². The highest BCUT2D eigenvalue weighted by Gasteiger charge is 2.25. The number of esters is 1. The summed E-state index contributed by atoms with van der Waals surface area (Å²) < 4.78 is 10.6. The van der Waals surface area contributed by atoms with E-state index in [4.69, 9.17) is 9.15 Å². The second-order valence-corrected chi connectivity index (χ2v) is 5.35. The van der Waals surface area contributed by atoms with Crippen LogP contribution in [0.3, 0.4) is 0 Å². The number of furan rings is 1. The quantitative estimate of drug-likeness (QED) is 0.311. The van der Waals surface area contributed by atoms with Crippen molar-refractivity contribution in [3.63, 3.8) is 0 Å². The number of rotatable bonds is 8. The van der Waals surface area contributed by atoms with Crippen molar-refractivity contribution in [2.24, 2.45) is 0 Å². The Bertz CT molecular complexity index is 828. The predicted molar refractivity (Wildman–Crippen MR) is 96.2 cm³/mol. The number of hydrogen-bond donors (Lipinski definition) is 0. The summed E-state index contributed by atoms with van der Waals surface area (Å²) in [6.45, 7) is 11.7. The maximum atomic E-state index is 12.0. The summed E-state index contributed by atoms with van der Waals surface area (Å²) in [6.07, 6.45) is 3.30. The maximum absolute atomic E-state index is 12.0. The van der Waals surface area contributed by atoms with Gasteiger partial charge in [-0.3, -0.25) is 10.1 Å². The number of anilines is 1. The lowest BCUT2D eigenvalue weighted by molar-refractivity contribution is -0.384. The van der Waals surface area contributed by atoms with Crippen LogP contribution in [0, 0.1) is 17.0 Å². The number of benzene rings is 1. The summed E-state index contributed by atoms with van der Waals surface area (Å²) in [4.78, 5) is 24.8. The minimum absolute atomic E-state index is 0.0577. The summed E-state index contributed by atoms with van der Waals surface area (Å²) in [5.74, 6) is -0.531. The maximum Gasteiger partial charge on any atom is 0.374 e. The number of aryl methyl sites for hydroxylation is 1. The van der Waals surface area contributed by atoms with Gasteiger partial charge in [0.1, 0.15) is 11.3 Å². The SMILES string of the molecule is C=CCN(CC=C)c1cc2oc(C(=O)OCC)c(C)c2cc1[N+](=O)[O-]. The van der Waals surface area contributed by atoms with E-state index in [0.29, 0.717) is 35.3 Å². The molecule has 2 rings (SSSR count). The first kappa shape index (κ1) is 18.3. The van der Waals surface area contributed by atoms with Crippen molar-refractivity contribution in [1.29, 1.82) is 0 Å². The Labute approximate surface area is 145 Å². The Morgan fingerprint density at radius 3 is 2.52 bits per heavy atom. The molecule has 0 aliphatic heterocycles. The zero-order chi connectivity index (χ0) is 18.6. The molecular formula is C18H20N2O5. The third-order valence-electron chi connectivity index (χ3n) is 3.73. The Kier molecular flexibility index (Phi) is 5.59. The third-order valence-corrected chi connectivity index (χ3v) is 3.73. The van der Waals surface area contributed by atoms with E-state index < -0.39 is 10.9 Å². The molecule has 0 N–H and O–H groups in total. The number of nitro benzene ring substituents is 1. The lowest BCUT2D eigenvalue weighted by Crippen LogP contribution is -2.23. The molecule has 1 heterocycles. The molecule has 0 spiro atoms. The van der Waals surface area contributed by atoms with Crippen LogP contribution in [0.4, 0.5) is 11.4 Å². The van der Waals surface area contributed by atoms with Gasteiger partial charge in [-0.2, -0.15) is 0 Å². The lowest BCUT2D eigenvalue weighted by Gasteiger charge is -2.21. The van der Waals surface area contributed by atoms with Crippen LogP contribution in [-0.4, -0.2) is 30.6 Å². The molecule has 1 aromatic carbocycles. The molecule has 7 heteroatoms. The number of nitrogens with zero attached hydrogens (tertiary/aromatic N) is 2. The fourth-order valence-corrected chi connectivity index (χ4v) is 2.62. The molecule has 0 bridgehead atoms. The molecule has 0 aliphatic rings.